The van der Waals surface area contributed by atoms with Gasteiger partial charge in [-0.15, -0.1) is 0 Å². The van der Waals surface area contributed by atoms with Gasteiger partial charge < -0.3 is 44.8 Å². The highest BCUT2D eigenvalue weighted by atomic mass is 35.5. The molecule has 1 amide bonds. The molecule has 18 heteroatoms. The second-order valence-electron chi connectivity index (χ2n) is 20.2. The maximum absolute atomic E-state index is 13.4. The van der Waals surface area contributed by atoms with E-state index in [1.807, 2.05) is 34.9 Å². The number of piperidine rings is 1. The normalized spacial score (nSPS) is 20.1. The van der Waals surface area contributed by atoms with E-state index >= 15 is 0 Å². The van der Waals surface area contributed by atoms with Crippen molar-refractivity contribution in [1.82, 2.24) is 44.7 Å². The Balaban J connectivity index is 0.711. The topological polar surface area (TPSA) is 185 Å². The molecule has 0 radical (unpaired) electrons. The van der Waals surface area contributed by atoms with Gasteiger partial charge in [0.1, 0.15) is 29.6 Å². The molecular formula is C52H70ClN13O4. The summed E-state index contributed by atoms with van der Waals surface area (Å²) in [5.74, 6) is 3.40. The molecule has 5 aromatic rings. The van der Waals surface area contributed by atoms with Crippen molar-refractivity contribution in [2.45, 2.75) is 104 Å². The number of aryl methyl sites for hydroxylation is 1. The number of rotatable bonds is 21. The predicted molar refractivity (Wildman–Crippen MR) is 273 cm³/mol. The minimum absolute atomic E-state index is 0.163. The monoisotopic (exact) mass is 976 g/mol. The Labute approximate surface area is 417 Å². The number of hydrogen-bond acceptors (Lipinski definition) is 15. The second-order valence-corrected chi connectivity index (χ2v) is 20.6. The number of pyridine rings is 1. The largest absolute Gasteiger partial charge is 0.489 e. The van der Waals surface area contributed by atoms with Gasteiger partial charge in [0.2, 0.25) is 11.8 Å². The van der Waals surface area contributed by atoms with Crippen LogP contribution in [0.5, 0.6) is 11.6 Å². The average Bonchev–Trinajstić information content (AvgIpc) is 3.79. The molecule has 17 nitrogen and oxygen atoms in total. The molecule has 3 fully saturated rings. The van der Waals surface area contributed by atoms with Crippen molar-refractivity contribution >= 4 is 40.7 Å². The van der Waals surface area contributed by atoms with Gasteiger partial charge in [-0.1, -0.05) is 52.3 Å². The van der Waals surface area contributed by atoms with Gasteiger partial charge in [-0.05, 0) is 69.2 Å². The van der Waals surface area contributed by atoms with E-state index in [0.29, 0.717) is 46.9 Å². The lowest BCUT2D eigenvalue weighted by molar-refractivity contribution is -0.164. The van der Waals surface area contributed by atoms with E-state index in [2.05, 4.69) is 98.2 Å². The maximum atomic E-state index is 13.4. The molecular weight excluding hydrogens is 906 g/mol. The summed E-state index contributed by atoms with van der Waals surface area (Å²) in [6.07, 6.45) is 13.6. The van der Waals surface area contributed by atoms with E-state index in [0.717, 1.165) is 119 Å². The van der Waals surface area contributed by atoms with Crippen LogP contribution in [0.15, 0.2) is 61.2 Å². The van der Waals surface area contributed by atoms with E-state index in [-0.39, 0.29) is 41.5 Å². The van der Waals surface area contributed by atoms with Crippen LogP contribution in [0.1, 0.15) is 100 Å². The van der Waals surface area contributed by atoms with Gasteiger partial charge in [0.25, 0.3) is 5.91 Å². The first-order chi connectivity index (χ1) is 33.8. The lowest BCUT2D eigenvalue weighted by Gasteiger charge is -2.63. The zero-order chi connectivity index (χ0) is 49.4. The molecule has 8 rings (SSSR count). The number of aromatic nitrogens is 6. The number of amides is 1. The number of ether oxygens (including phenoxy) is 2. The van der Waals surface area contributed by atoms with Crippen LogP contribution in [0.2, 0.25) is 5.02 Å². The molecule has 6 heterocycles. The number of nitrogens with one attached hydrogen (secondary N) is 2. The number of nitriles is 1. The first kappa shape index (κ1) is 50.6. The summed E-state index contributed by atoms with van der Waals surface area (Å²) in [5, 5.41) is 30.8. The van der Waals surface area contributed by atoms with Crippen LogP contribution in [-0.2, 0) is 13.0 Å². The molecule has 4 aromatic heterocycles. The van der Waals surface area contributed by atoms with E-state index < -0.39 is 0 Å². The molecule has 0 bridgehead atoms. The molecule has 1 aliphatic carbocycles. The van der Waals surface area contributed by atoms with Gasteiger partial charge in [-0.3, -0.25) is 4.79 Å². The molecule has 2 saturated heterocycles. The number of benzene rings is 1. The molecule has 3 N–H and O–H groups in total. The number of carbonyl (C=O) groups is 1. The summed E-state index contributed by atoms with van der Waals surface area (Å²) in [4.78, 5) is 41.6. The third-order valence-corrected chi connectivity index (χ3v) is 14.9. The fourth-order valence-corrected chi connectivity index (χ4v) is 11.1. The number of aliphatic hydroxyl groups excluding tert-OH is 1. The van der Waals surface area contributed by atoms with Crippen LogP contribution in [0.25, 0.3) is 5.65 Å². The standard InChI is InChI=1S/C52H70ClN13O4/c1-7-37-35-59-66-43(29-44(60-46(37)66)65-21-9-8-12-40(65)17-26-67)55-31-36-13-16-45(56-32-36)69-27-11-20-64-24-22-63(23-25-64)19-10-18-62(6)50-57-33-39(34-58-50)47(68)61-48-51(2,3)49(52(48,4)5)70-41-15-14-38(30-54)42(53)28-41/h13-16,28-29,32-35,40,48-49,55,67H,7-12,17-27,31H2,1-6H3,(H,61,68)/t40-,48-,49-/m0/s1. The zero-order valence-electron chi connectivity index (χ0n) is 41.7. The van der Waals surface area contributed by atoms with Crippen LogP contribution in [0.4, 0.5) is 17.6 Å². The second kappa shape index (κ2) is 22.5. The number of halogens is 1. The fourth-order valence-electron chi connectivity index (χ4n) is 10.8. The molecule has 0 unspecified atom stereocenters. The van der Waals surface area contributed by atoms with Crippen molar-refractivity contribution in [3.63, 3.8) is 0 Å². The molecule has 374 valence electrons. The molecule has 1 saturated carbocycles. The Bertz CT molecular complexity index is 2560. The lowest BCUT2D eigenvalue weighted by Crippen LogP contribution is -2.74. The predicted octanol–water partition coefficient (Wildman–Crippen LogP) is 6.88. The molecule has 70 heavy (non-hydrogen) atoms. The Morgan fingerprint density at radius 3 is 2.37 bits per heavy atom. The van der Waals surface area contributed by atoms with Crippen molar-refractivity contribution in [1.29, 1.82) is 5.26 Å². The molecule has 1 atom stereocenters. The fraction of sp³-hybridized carbons (Fsp3) is 0.558. The highest BCUT2D eigenvalue weighted by Crippen LogP contribution is 2.55. The summed E-state index contributed by atoms with van der Waals surface area (Å²) in [5.41, 5.74) is 3.08. The van der Waals surface area contributed by atoms with E-state index in [1.165, 1.54) is 6.42 Å². The summed E-state index contributed by atoms with van der Waals surface area (Å²) in [7, 11) is 1.99. The van der Waals surface area contributed by atoms with Crippen molar-refractivity contribution in [2.24, 2.45) is 10.8 Å². The number of fused-ring (bicyclic) bond motifs is 1. The Morgan fingerprint density at radius 1 is 0.957 bits per heavy atom. The smallest absolute Gasteiger partial charge is 0.254 e. The van der Waals surface area contributed by atoms with Crippen LogP contribution in [-0.4, -0.2) is 141 Å². The Hall–Kier alpha value is -5.80. The summed E-state index contributed by atoms with van der Waals surface area (Å²) in [6.45, 7) is 19.7. The van der Waals surface area contributed by atoms with Gasteiger partial charge in [0, 0.05) is 131 Å². The summed E-state index contributed by atoms with van der Waals surface area (Å²) >= 11 is 6.26. The van der Waals surface area contributed by atoms with E-state index in [9.17, 15) is 15.2 Å². The molecule has 0 spiro atoms. The van der Waals surface area contributed by atoms with Crippen LogP contribution in [0.3, 0.4) is 0 Å². The van der Waals surface area contributed by atoms with Gasteiger partial charge in [-0.2, -0.15) is 14.9 Å². The number of aliphatic hydroxyl groups is 1. The van der Waals surface area contributed by atoms with E-state index in [1.54, 1.807) is 30.6 Å². The summed E-state index contributed by atoms with van der Waals surface area (Å²) in [6, 6.07) is 13.4. The van der Waals surface area contributed by atoms with Crippen molar-refractivity contribution in [3.05, 3.63) is 88.5 Å². The number of nitrogens with zero attached hydrogens (tertiary/aromatic N) is 11. The highest BCUT2D eigenvalue weighted by molar-refractivity contribution is 6.31. The number of carbonyl (C=O) groups excluding carboxylic acids is 1. The van der Waals surface area contributed by atoms with Gasteiger partial charge in [0.15, 0.2) is 5.65 Å². The number of anilines is 3. The minimum atomic E-state index is -0.376. The van der Waals surface area contributed by atoms with Crippen molar-refractivity contribution in [3.8, 4) is 17.7 Å². The molecule has 3 aliphatic rings. The van der Waals surface area contributed by atoms with Gasteiger partial charge in [-0.25, -0.2) is 19.9 Å². The summed E-state index contributed by atoms with van der Waals surface area (Å²) < 4.78 is 14.3. The van der Waals surface area contributed by atoms with Gasteiger partial charge >= 0.3 is 0 Å². The number of hydrogen-bond donors (Lipinski definition) is 3. The Morgan fingerprint density at radius 2 is 1.70 bits per heavy atom. The first-order valence-electron chi connectivity index (χ1n) is 25.0. The van der Waals surface area contributed by atoms with Crippen molar-refractivity contribution < 1.29 is 19.4 Å². The third-order valence-electron chi connectivity index (χ3n) is 14.5. The van der Waals surface area contributed by atoms with Crippen LogP contribution in [0, 0.1) is 22.2 Å². The quantitative estimate of drug-likeness (QED) is 0.0646. The van der Waals surface area contributed by atoms with Crippen molar-refractivity contribution in [2.75, 3.05) is 87.7 Å². The van der Waals surface area contributed by atoms with Gasteiger partial charge in [0.05, 0.1) is 29.0 Å². The SMILES string of the molecule is CCc1cnn2c(NCc3ccc(OCCCN4CCN(CCCN(C)c5ncc(C(=O)N[C@H]6C(C)(C)[C@H](Oc7ccc(C#N)c(Cl)c7)C6(C)C)cn5)CC4)nc3)cc(N3CCCC[C@H]3CCO)nc12. The lowest BCUT2D eigenvalue weighted by atomic mass is 9.49. The first-order valence-corrected chi connectivity index (χ1v) is 25.4. The molecule has 2 aliphatic heterocycles. The van der Waals surface area contributed by atoms with Crippen LogP contribution >= 0.6 is 11.6 Å². The maximum Gasteiger partial charge on any atom is 0.254 e. The minimum Gasteiger partial charge on any atom is -0.489 e. The number of piperazine rings is 1. The average molecular weight is 977 g/mol. The zero-order valence-corrected chi connectivity index (χ0v) is 42.5. The third kappa shape index (κ3) is 11.5. The highest BCUT2D eigenvalue weighted by Gasteiger charge is 2.64. The van der Waals surface area contributed by atoms with Crippen LogP contribution < -0.4 is 29.9 Å². The molecule has 1 aromatic carbocycles. The Kier molecular flexibility index (Phi) is 16.3. The van der Waals surface area contributed by atoms with E-state index in [4.69, 9.17) is 26.1 Å².